The van der Waals surface area contributed by atoms with Crippen LogP contribution in [0.15, 0.2) is 12.1 Å². The Morgan fingerprint density at radius 3 is 2.60 bits per heavy atom. The molecular formula is C8H2ClIN2O3. The fourth-order valence-electron chi connectivity index (χ4n) is 0.953. The van der Waals surface area contributed by atoms with Crippen LogP contribution in [0.5, 0.6) is 0 Å². The summed E-state index contributed by atoms with van der Waals surface area (Å²) in [5.41, 5.74) is -0.476. The number of hydrogen-bond donors (Lipinski definition) is 0. The minimum absolute atomic E-state index is 0.0305. The summed E-state index contributed by atoms with van der Waals surface area (Å²) in [6.07, 6.45) is 0. The molecule has 7 heteroatoms. The SMILES string of the molecule is N#Cc1cc(I)c(C(=O)Cl)cc1[N+](=O)[O-]. The van der Waals surface area contributed by atoms with Gasteiger partial charge in [0.05, 0.1) is 10.5 Å². The largest absolute Gasteiger partial charge is 0.287 e. The summed E-state index contributed by atoms with van der Waals surface area (Å²) in [6.45, 7) is 0. The summed E-state index contributed by atoms with van der Waals surface area (Å²) in [7, 11) is 0. The van der Waals surface area contributed by atoms with Crippen molar-refractivity contribution in [3.05, 3.63) is 36.9 Å². The molecule has 0 radical (unpaired) electrons. The van der Waals surface area contributed by atoms with Gasteiger partial charge in [-0.15, -0.1) is 0 Å². The predicted molar refractivity (Wildman–Crippen MR) is 60.7 cm³/mol. The average Bonchev–Trinajstić information content (AvgIpc) is 2.16. The van der Waals surface area contributed by atoms with Crippen molar-refractivity contribution < 1.29 is 9.72 Å². The zero-order chi connectivity index (χ0) is 11.6. The van der Waals surface area contributed by atoms with Gasteiger partial charge in [-0.3, -0.25) is 14.9 Å². The van der Waals surface area contributed by atoms with Gasteiger partial charge in [-0.05, 0) is 40.3 Å². The molecule has 0 aliphatic rings. The molecule has 0 aliphatic carbocycles. The van der Waals surface area contributed by atoms with Gasteiger partial charge in [0.15, 0.2) is 0 Å². The zero-order valence-electron chi connectivity index (χ0n) is 7.03. The third-order valence-corrected chi connectivity index (χ3v) is 2.71. The maximum absolute atomic E-state index is 10.9. The quantitative estimate of drug-likeness (QED) is 0.359. The molecule has 76 valence electrons. The van der Waals surface area contributed by atoms with Crippen molar-refractivity contribution in [2.24, 2.45) is 0 Å². The minimum Gasteiger partial charge on any atom is -0.276 e. The van der Waals surface area contributed by atoms with Crippen LogP contribution in [0.2, 0.25) is 0 Å². The molecule has 1 aromatic rings. The molecule has 0 amide bonds. The summed E-state index contributed by atoms with van der Waals surface area (Å²) in [6, 6.07) is 3.95. The lowest BCUT2D eigenvalue weighted by Crippen LogP contribution is -1.99. The van der Waals surface area contributed by atoms with Gasteiger partial charge in [-0.1, -0.05) is 0 Å². The van der Waals surface area contributed by atoms with Crippen molar-refractivity contribution in [2.75, 3.05) is 0 Å². The first-order chi connectivity index (χ1) is 6.97. The van der Waals surface area contributed by atoms with Crippen molar-refractivity contribution in [3.63, 3.8) is 0 Å². The summed E-state index contributed by atoms with van der Waals surface area (Å²) in [5, 5.41) is 18.4. The lowest BCUT2D eigenvalue weighted by Gasteiger charge is -2.00. The van der Waals surface area contributed by atoms with Gasteiger partial charge in [-0.25, -0.2) is 0 Å². The summed E-state index contributed by atoms with van der Waals surface area (Å²) >= 11 is 7.02. The van der Waals surface area contributed by atoms with E-state index in [1.807, 2.05) is 0 Å². The number of nitro groups is 1. The van der Waals surface area contributed by atoms with E-state index >= 15 is 0 Å². The van der Waals surface area contributed by atoms with Crippen molar-refractivity contribution in [3.8, 4) is 6.07 Å². The maximum Gasteiger partial charge on any atom is 0.287 e. The Morgan fingerprint density at radius 1 is 1.60 bits per heavy atom. The van der Waals surface area contributed by atoms with E-state index in [1.54, 1.807) is 28.7 Å². The highest BCUT2D eigenvalue weighted by molar-refractivity contribution is 14.1. The molecule has 0 spiro atoms. The number of rotatable bonds is 2. The van der Waals surface area contributed by atoms with E-state index < -0.39 is 15.9 Å². The molecule has 1 rings (SSSR count). The van der Waals surface area contributed by atoms with Crippen LogP contribution in [0.3, 0.4) is 0 Å². The van der Waals surface area contributed by atoms with E-state index in [1.165, 1.54) is 6.07 Å². The third kappa shape index (κ3) is 2.43. The Bertz CT molecular complexity index is 495. The number of carbonyl (C=O) groups is 1. The molecule has 0 heterocycles. The third-order valence-electron chi connectivity index (χ3n) is 1.61. The smallest absolute Gasteiger partial charge is 0.276 e. The zero-order valence-corrected chi connectivity index (χ0v) is 9.94. The van der Waals surface area contributed by atoms with Crippen LogP contribution >= 0.6 is 34.2 Å². The van der Waals surface area contributed by atoms with E-state index in [4.69, 9.17) is 16.9 Å². The number of carbonyl (C=O) groups excluding carboxylic acids is 1. The molecule has 15 heavy (non-hydrogen) atoms. The minimum atomic E-state index is -0.785. The highest BCUT2D eigenvalue weighted by atomic mass is 127. The Morgan fingerprint density at radius 2 is 2.20 bits per heavy atom. The Hall–Kier alpha value is -1.20. The fraction of sp³-hybridized carbons (Fsp3) is 0. The molecule has 0 saturated carbocycles. The highest BCUT2D eigenvalue weighted by Gasteiger charge is 2.19. The normalized spacial score (nSPS) is 9.40. The van der Waals surface area contributed by atoms with E-state index in [0.717, 1.165) is 6.07 Å². The first-order valence-corrected chi connectivity index (χ1v) is 5.01. The van der Waals surface area contributed by atoms with Gasteiger partial charge in [0.1, 0.15) is 11.6 Å². The van der Waals surface area contributed by atoms with Crippen LogP contribution in [0.4, 0.5) is 5.69 Å². The van der Waals surface area contributed by atoms with Crippen LogP contribution < -0.4 is 0 Å². The monoisotopic (exact) mass is 336 g/mol. The Kier molecular flexibility index (Phi) is 3.60. The first kappa shape index (κ1) is 11.9. The van der Waals surface area contributed by atoms with Gasteiger partial charge >= 0.3 is 0 Å². The molecule has 0 fully saturated rings. The highest BCUT2D eigenvalue weighted by Crippen LogP contribution is 2.25. The summed E-state index contributed by atoms with van der Waals surface area (Å²) in [4.78, 5) is 20.7. The molecule has 0 N–H and O–H groups in total. The van der Waals surface area contributed by atoms with Crippen LogP contribution in [-0.4, -0.2) is 10.2 Å². The van der Waals surface area contributed by atoms with E-state index in [-0.39, 0.29) is 11.1 Å². The summed E-state index contributed by atoms with van der Waals surface area (Å²) < 4.78 is 0.412. The van der Waals surface area contributed by atoms with E-state index in [2.05, 4.69) is 0 Å². The Balaban J connectivity index is 3.52. The lowest BCUT2D eigenvalue weighted by atomic mass is 10.1. The van der Waals surface area contributed by atoms with Crippen LogP contribution in [0, 0.1) is 25.0 Å². The molecule has 0 saturated heterocycles. The van der Waals surface area contributed by atoms with Gasteiger partial charge in [0.25, 0.3) is 10.9 Å². The molecule has 1 aromatic carbocycles. The number of nitrogens with zero attached hydrogens (tertiary/aromatic N) is 2. The van der Waals surface area contributed by atoms with Crippen molar-refractivity contribution >= 4 is 45.1 Å². The number of hydrogen-bond acceptors (Lipinski definition) is 4. The predicted octanol–water partition coefficient (Wildman–Crippen LogP) is 2.45. The van der Waals surface area contributed by atoms with Crippen LogP contribution in [0.25, 0.3) is 0 Å². The second-order valence-electron chi connectivity index (χ2n) is 2.49. The Labute approximate surface area is 103 Å². The van der Waals surface area contributed by atoms with Crippen molar-refractivity contribution in [2.45, 2.75) is 0 Å². The van der Waals surface area contributed by atoms with Crippen molar-refractivity contribution in [1.29, 1.82) is 5.26 Å². The second-order valence-corrected chi connectivity index (χ2v) is 4.00. The molecule has 0 bridgehead atoms. The van der Waals surface area contributed by atoms with Crippen LogP contribution in [0.1, 0.15) is 15.9 Å². The molecule has 0 aliphatic heterocycles. The number of benzene rings is 1. The van der Waals surface area contributed by atoms with E-state index in [0.29, 0.717) is 3.57 Å². The maximum atomic E-state index is 10.9. The molecule has 0 unspecified atom stereocenters. The fourth-order valence-corrected chi connectivity index (χ4v) is 1.98. The van der Waals surface area contributed by atoms with Crippen LogP contribution in [-0.2, 0) is 0 Å². The van der Waals surface area contributed by atoms with Crippen molar-refractivity contribution in [1.82, 2.24) is 0 Å². The average molecular weight is 336 g/mol. The molecule has 5 nitrogen and oxygen atoms in total. The first-order valence-electron chi connectivity index (χ1n) is 3.55. The topological polar surface area (TPSA) is 84.0 Å². The van der Waals surface area contributed by atoms with Gasteiger partial charge in [-0.2, -0.15) is 5.26 Å². The van der Waals surface area contributed by atoms with Gasteiger partial charge < -0.3 is 0 Å². The lowest BCUT2D eigenvalue weighted by molar-refractivity contribution is -0.385. The number of nitro benzene ring substituents is 1. The standard InChI is InChI=1S/C8H2ClIN2O3/c9-8(13)5-2-7(12(14)15)4(3-11)1-6(5)10/h1-2H. The molecule has 0 aromatic heterocycles. The molecular weight excluding hydrogens is 334 g/mol. The number of nitriles is 1. The summed E-state index contributed by atoms with van der Waals surface area (Å²) in [5.74, 6) is 0. The molecule has 0 atom stereocenters. The second kappa shape index (κ2) is 4.55. The van der Waals surface area contributed by atoms with Gasteiger partial charge in [0.2, 0.25) is 0 Å². The van der Waals surface area contributed by atoms with E-state index in [9.17, 15) is 14.9 Å². The van der Waals surface area contributed by atoms with Gasteiger partial charge in [0, 0.05) is 9.64 Å². The number of halogens is 2.